The summed E-state index contributed by atoms with van der Waals surface area (Å²) in [6.07, 6.45) is 0. The number of rotatable bonds is 7. The predicted molar refractivity (Wildman–Crippen MR) is 115 cm³/mol. The van der Waals surface area contributed by atoms with Gasteiger partial charge in [-0.25, -0.2) is 0 Å². The van der Waals surface area contributed by atoms with E-state index in [0.29, 0.717) is 26.3 Å². The lowest BCUT2D eigenvalue weighted by Crippen LogP contribution is -2.33. The van der Waals surface area contributed by atoms with Gasteiger partial charge in [-0.2, -0.15) is 0 Å². The van der Waals surface area contributed by atoms with Crippen molar-refractivity contribution in [2.24, 2.45) is 0 Å². The summed E-state index contributed by atoms with van der Waals surface area (Å²) >= 11 is 0. The Balaban J connectivity index is 1.50. The van der Waals surface area contributed by atoms with E-state index in [2.05, 4.69) is 36.4 Å². The first kappa shape index (κ1) is 20.0. The van der Waals surface area contributed by atoms with Gasteiger partial charge in [-0.05, 0) is 34.4 Å². The highest BCUT2D eigenvalue weighted by Gasteiger charge is 2.17. The molecule has 0 spiro atoms. The van der Waals surface area contributed by atoms with Gasteiger partial charge in [-0.15, -0.1) is 0 Å². The fraction of sp³-hybridized carbons (Fsp3) is 0.240. The van der Waals surface area contributed by atoms with Crippen molar-refractivity contribution in [1.82, 2.24) is 4.90 Å². The van der Waals surface area contributed by atoms with Gasteiger partial charge in [-0.3, -0.25) is 4.79 Å². The van der Waals surface area contributed by atoms with Crippen LogP contribution in [0, 0.1) is 0 Å². The molecule has 0 N–H and O–H groups in total. The summed E-state index contributed by atoms with van der Waals surface area (Å²) in [5.74, 6) is 1.42. The van der Waals surface area contributed by atoms with E-state index in [1.807, 2.05) is 36.4 Å². The number of nitrogens with zero attached hydrogens (tertiary/aromatic N) is 1. The lowest BCUT2D eigenvalue weighted by Gasteiger charge is -2.24. The average Bonchev–Trinajstić information content (AvgIpc) is 2.80. The van der Waals surface area contributed by atoms with E-state index in [1.54, 1.807) is 4.90 Å². The summed E-state index contributed by atoms with van der Waals surface area (Å²) in [5.41, 5.74) is 4.38. The SMILES string of the molecule is COCC(=O)N(Cc1ccc(-c2ccccc2)cc1)Cc1ccc2c(c1)OCCO2. The lowest BCUT2D eigenvalue weighted by atomic mass is 10.0. The van der Waals surface area contributed by atoms with Crippen LogP contribution in [0.15, 0.2) is 72.8 Å². The molecule has 0 aliphatic carbocycles. The molecule has 0 radical (unpaired) electrons. The second-order valence-electron chi connectivity index (χ2n) is 7.22. The molecule has 0 fully saturated rings. The minimum absolute atomic E-state index is 0.0483. The monoisotopic (exact) mass is 403 g/mol. The molecule has 1 heterocycles. The second kappa shape index (κ2) is 9.46. The summed E-state index contributed by atoms with van der Waals surface area (Å²) in [4.78, 5) is 14.5. The molecule has 5 nitrogen and oxygen atoms in total. The van der Waals surface area contributed by atoms with Crippen LogP contribution in [0.5, 0.6) is 11.5 Å². The highest BCUT2D eigenvalue weighted by molar-refractivity contribution is 5.77. The van der Waals surface area contributed by atoms with Gasteiger partial charge in [0.15, 0.2) is 11.5 Å². The third-order valence-electron chi connectivity index (χ3n) is 5.04. The number of amides is 1. The Hall–Kier alpha value is -3.31. The van der Waals surface area contributed by atoms with Crippen molar-refractivity contribution in [1.29, 1.82) is 0 Å². The van der Waals surface area contributed by atoms with Gasteiger partial charge in [0.1, 0.15) is 19.8 Å². The molecule has 3 aromatic carbocycles. The number of methoxy groups -OCH3 is 1. The van der Waals surface area contributed by atoms with Crippen LogP contribution in [0.1, 0.15) is 11.1 Å². The number of carbonyl (C=O) groups excluding carboxylic acids is 1. The van der Waals surface area contributed by atoms with Gasteiger partial charge < -0.3 is 19.1 Å². The molecule has 0 atom stereocenters. The Kier molecular flexibility index (Phi) is 6.30. The van der Waals surface area contributed by atoms with Crippen LogP contribution in [0.25, 0.3) is 11.1 Å². The summed E-state index contributed by atoms with van der Waals surface area (Å²) in [6.45, 7) is 2.12. The van der Waals surface area contributed by atoms with Crippen LogP contribution < -0.4 is 9.47 Å². The molecule has 4 rings (SSSR count). The standard InChI is InChI=1S/C25H25NO4/c1-28-18-25(27)26(17-20-9-12-23-24(15-20)30-14-13-29-23)16-19-7-10-22(11-8-19)21-5-3-2-4-6-21/h2-12,15H,13-14,16-18H2,1H3. The molecule has 0 unspecified atom stereocenters. The first-order valence-electron chi connectivity index (χ1n) is 10.0. The molecule has 0 aromatic heterocycles. The minimum atomic E-state index is -0.0560. The Bertz CT molecular complexity index is 986. The van der Waals surface area contributed by atoms with Crippen LogP contribution in [0.2, 0.25) is 0 Å². The van der Waals surface area contributed by atoms with Crippen LogP contribution in [0.3, 0.4) is 0 Å². The van der Waals surface area contributed by atoms with E-state index in [0.717, 1.165) is 28.2 Å². The number of ether oxygens (including phenoxy) is 3. The molecular weight excluding hydrogens is 378 g/mol. The van der Waals surface area contributed by atoms with Gasteiger partial charge in [0.2, 0.25) is 5.91 Å². The van der Waals surface area contributed by atoms with Crippen LogP contribution in [-0.2, 0) is 22.6 Å². The van der Waals surface area contributed by atoms with Crippen molar-refractivity contribution < 1.29 is 19.0 Å². The molecule has 1 aliphatic rings. The molecule has 0 saturated carbocycles. The number of hydrogen-bond acceptors (Lipinski definition) is 4. The topological polar surface area (TPSA) is 48.0 Å². The molecule has 154 valence electrons. The summed E-state index contributed by atoms with van der Waals surface area (Å²) in [7, 11) is 1.54. The molecule has 0 bridgehead atoms. The van der Waals surface area contributed by atoms with Gasteiger partial charge in [0, 0.05) is 20.2 Å². The fourth-order valence-corrected chi connectivity index (χ4v) is 3.51. The molecule has 3 aromatic rings. The lowest BCUT2D eigenvalue weighted by molar-refractivity contribution is -0.136. The largest absolute Gasteiger partial charge is 0.486 e. The zero-order chi connectivity index (χ0) is 20.8. The van der Waals surface area contributed by atoms with Gasteiger partial charge >= 0.3 is 0 Å². The minimum Gasteiger partial charge on any atom is -0.486 e. The average molecular weight is 403 g/mol. The summed E-state index contributed by atoms with van der Waals surface area (Å²) < 4.78 is 16.4. The van der Waals surface area contributed by atoms with Crippen LogP contribution in [-0.4, -0.2) is 37.7 Å². The molecule has 1 amide bonds. The second-order valence-corrected chi connectivity index (χ2v) is 7.22. The third-order valence-corrected chi connectivity index (χ3v) is 5.04. The zero-order valence-electron chi connectivity index (χ0n) is 17.0. The van der Waals surface area contributed by atoms with E-state index < -0.39 is 0 Å². The van der Waals surface area contributed by atoms with E-state index in [4.69, 9.17) is 14.2 Å². The number of hydrogen-bond donors (Lipinski definition) is 0. The highest BCUT2D eigenvalue weighted by atomic mass is 16.6. The molecule has 30 heavy (non-hydrogen) atoms. The van der Waals surface area contributed by atoms with Crippen LogP contribution >= 0.6 is 0 Å². The maximum absolute atomic E-state index is 12.7. The fourth-order valence-electron chi connectivity index (χ4n) is 3.51. The van der Waals surface area contributed by atoms with E-state index in [1.165, 1.54) is 12.7 Å². The Labute approximate surface area is 176 Å². The van der Waals surface area contributed by atoms with E-state index >= 15 is 0 Å². The van der Waals surface area contributed by atoms with Crippen molar-refractivity contribution >= 4 is 5.91 Å². The molecular formula is C25H25NO4. The predicted octanol–water partition coefficient (Wildman–Crippen LogP) is 4.30. The van der Waals surface area contributed by atoms with Crippen molar-refractivity contribution in [2.75, 3.05) is 26.9 Å². The summed E-state index contributed by atoms with van der Waals surface area (Å²) in [5, 5.41) is 0. The smallest absolute Gasteiger partial charge is 0.249 e. The van der Waals surface area contributed by atoms with E-state index in [-0.39, 0.29) is 12.5 Å². The maximum Gasteiger partial charge on any atom is 0.249 e. The van der Waals surface area contributed by atoms with Gasteiger partial charge in [0.25, 0.3) is 0 Å². The first-order chi connectivity index (χ1) is 14.7. The van der Waals surface area contributed by atoms with E-state index in [9.17, 15) is 4.79 Å². The first-order valence-corrected chi connectivity index (χ1v) is 10.0. The number of benzene rings is 3. The van der Waals surface area contributed by atoms with Crippen LogP contribution in [0.4, 0.5) is 0 Å². The quantitative estimate of drug-likeness (QED) is 0.590. The van der Waals surface area contributed by atoms with Crippen molar-refractivity contribution in [2.45, 2.75) is 13.1 Å². The number of carbonyl (C=O) groups is 1. The van der Waals surface area contributed by atoms with Crippen molar-refractivity contribution in [3.63, 3.8) is 0 Å². The maximum atomic E-state index is 12.7. The molecule has 1 aliphatic heterocycles. The van der Waals surface area contributed by atoms with Gasteiger partial charge in [-0.1, -0.05) is 60.7 Å². The third kappa shape index (κ3) is 4.81. The highest BCUT2D eigenvalue weighted by Crippen LogP contribution is 2.31. The molecule has 0 saturated heterocycles. The Morgan fingerprint density at radius 1 is 0.833 bits per heavy atom. The van der Waals surface area contributed by atoms with Crippen molar-refractivity contribution in [3.8, 4) is 22.6 Å². The molecule has 5 heteroatoms. The zero-order valence-corrected chi connectivity index (χ0v) is 17.0. The Morgan fingerprint density at radius 3 is 2.20 bits per heavy atom. The summed E-state index contributed by atoms with van der Waals surface area (Å²) in [6, 6.07) is 24.4. The Morgan fingerprint density at radius 2 is 1.47 bits per heavy atom. The normalized spacial score (nSPS) is 12.4. The number of fused-ring (bicyclic) bond motifs is 1. The van der Waals surface area contributed by atoms with Crippen molar-refractivity contribution in [3.05, 3.63) is 83.9 Å². The van der Waals surface area contributed by atoms with Gasteiger partial charge in [0.05, 0.1) is 0 Å².